The van der Waals surface area contributed by atoms with E-state index in [-0.39, 0.29) is 24.0 Å². The number of pyridine rings is 1. The first kappa shape index (κ1) is 21.2. The molecule has 0 amide bonds. The number of aryl methyl sites for hydroxylation is 1. The lowest BCUT2D eigenvalue weighted by Crippen LogP contribution is -3.00. The van der Waals surface area contributed by atoms with Gasteiger partial charge in [-0.2, -0.15) is 13.2 Å². The molecule has 2 nitrogen and oxygen atoms in total. The highest BCUT2D eigenvalue weighted by molar-refractivity contribution is 5.89. The molecule has 0 aliphatic rings. The fraction of sp³-hybridized carbons (Fsp3) is 0.190. The molecular weight excluding hydrogens is 464 g/mol. The molecule has 0 saturated heterocycles. The molecule has 0 atom stereocenters. The minimum atomic E-state index is -4.37. The molecule has 0 spiro atoms. The van der Waals surface area contributed by atoms with Gasteiger partial charge in [0.05, 0.1) is 22.4 Å². The molecule has 3 aromatic rings. The van der Waals surface area contributed by atoms with E-state index in [2.05, 4.69) is 0 Å². The fourth-order valence-electron chi connectivity index (χ4n) is 3.10. The smallest absolute Gasteiger partial charge is 0.416 e. The number of aromatic nitrogens is 1. The van der Waals surface area contributed by atoms with E-state index in [1.54, 1.807) is 6.07 Å². The van der Waals surface area contributed by atoms with Crippen molar-refractivity contribution < 1.29 is 41.7 Å². The van der Waals surface area contributed by atoms with E-state index in [0.29, 0.717) is 5.56 Å². The van der Waals surface area contributed by atoms with Crippen LogP contribution in [0.15, 0.2) is 67.0 Å². The highest BCUT2D eigenvalue weighted by Crippen LogP contribution is 2.39. The summed E-state index contributed by atoms with van der Waals surface area (Å²) in [6.07, 6.45) is -0.521. The molecule has 6 heteroatoms. The van der Waals surface area contributed by atoms with Gasteiger partial charge in [-0.1, -0.05) is 42.5 Å². The fourth-order valence-corrected chi connectivity index (χ4v) is 3.10. The summed E-state index contributed by atoms with van der Waals surface area (Å²) in [5.41, 5.74) is 3.51. The maximum absolute atomic E-state index is 13.2. The number of anilines is 1. The summed E-state index contributed by atoms with van der Waals surface area (Å²) in [5.74, 6) is 0. The van der Waals surface area contributed by atoms with Crippen molar-refractivity contribution in [2.75, 3.05) is 19.0 Å². The number of rotatable bonds is 3. The van der Waals surface area contributed by atoms with Gasteiger partial charge < -0.3 is 28.9 Å². The highest BCUT2D eigenvalue weighted by Gasteiger charge is 2.31. The Kier molecular flexibility index (Phi) is 6.51. The van der Waals surface area contributed by atoms with Gasteiger partial charge in [0.25, 0.3) is 0 Å². The number of benzene rings is 2. The van der Waals surface area contributed by atoms with Crippen LogP contribution in [0.25, 0.3) is 22.3 Å². The van der Waals surface area contributed by atoms with Gasteiger partial charge in [-0.05, 0) is 23.3 Å². The molecule has 0 fully saturated rings. The van der Waals surface area contributed by atoms with E-state index in [1.165, 1.54) is 12.1 Å². The Morgan fingerprint density at radius 1 is 0.815 bits per heavy atom. The van der Waals surface area contributed by atoms with E-state index in [9.17, 15) is 13.2 Å². The Morgan fingerprint density at radius 2 is 1.37 bits per heavy atom. The van der Waals surface area contributed by atoms with E-state index in [0.717, 1.165) is 28.4 Å². The number of nitrogens with zero attached hydrogens (tertiary/aromatic N) is 2. The SMILES string of the molecule is CN(C)c1c(-c2ccccc2)c[n+](C)cc1-c1cccc(C(F)(F)F)c1.[I-]. The zero-order valence-electron chi connectivity index (χ0n) is 15.3. The average molecular weight is 484 g/mol. The molecule has 0 bridgehead atoms. The van der Waals surface area contributed by atoms with Crippen molar-refractivity contribution in [3.8, 4) is 22.3 Å². The molecule has 1 aromatic heterocycles. The molecule has 1 heterocycles. The van der Waals surface area contributed by atoms with E-state index in [4.69, 9.17) is 0 Å². The first-order valence-corrected chi connectivity index (χ1v) is 8.21. The number of hydrogen-bond acceptors (Lipinski definition) is 1. The second kappa shape index (κ2) is 8.29. The third-order valence-corrected chi connectivity index (χ3v) is 4.21. The summed E-state index contributed by atoms with van der Waals surface area (Å²) in [5, 5.41) is 0. The maximum Gasteiger partial charge on any atom is 0.416 e. The molecule has 2 aromatic carbocycles. The van der Waals surface area contributed by atoms with Gasteiger partial charge in [-0.3, -0.25) is 0 Å². The Labute approximate surface area is 174 Å². The quantitative estimate of drug-likeness (QED) is 0.408. The second-order valence-corrected chi connectivity index (χ2v) is 6.44. The third-order valence-electron chi connectivity index (χ3n) is 4.21. The van der Waals surface area contributed by atoms with Crippen LogP contribution in [0.3, 0.4) is 0 Å². The van der Waals surface area contributed by atoms with Gasteiger partial charge in [0.1, 0.15) is 7.05 Å². The van der Waals surface area contributed by atoms with E-state index < -0.39 is 11.7 Å². The highest BCUT2D eigenvalue weighted by atomic mass is 127. The first-order chi connectivity index (χ1) is 12.3. The third kappa shape index (κ3) is 4.61. The predicted molar refractivity (Wildman–Crippen MR) is 97.8 cm³/mol. The summed E-state index contributed by atoms with van der Waals surface area (Å²) < 4.78 is 41.3. The summed E-state index contributed by atoms with van der Waals surface area (Å²) in [6, 6.07) is 15.3. The lowest BCUT2D eigenvalue weighted by atomic mass is 9.97. The van der Waals surface area contributed by atoms with Crippen LogP contribution in [-0.2, 0) is 13.2 Å². The normalized spacial score (nSPS) is 11.0. The molecule has 0 saturated carbocycles. The lowest BCUT2D eigenvalue weighted by Gasteiger charge is -2.21. The molecule has 0 N–H and O–H groups in total. The zero-order valence-corrected chi connectivity index (χ0v) is 17.4. The Morgan fingerprint density at radius 3 is 1.93 bits per heavy atom. The van der Waals surface area contributed by atoms with Gasteiger partial charge >= 0.3 is 6.18 Å². The van der Waals surface area contributed by atoms with Gasteiger partial charge in [0.2, 0.25) is 0 Å². The standard InChI is InChI=1S/C21H20F3N2.HI/c1-25(2)20-18(15-8-5-4-6-9-15)13-26(3)14-19(20)16-10-7-11-17(12-16)21(22,23)24;/h4-14H,1-3H3;1H/q+1;/p-1. The predicted octanol–water partition coefficient (Wildman–Crippen LogP) is 1.93. The van der Waals surface area contributed by atoms with Crippen molar-refractivity contribution in [3.05, 3.63) is 72.6 Å². The topological polar surface area (TPSA) is 7.12 Å². The van der Waals surface area contributed by atoms with Crippen molar-refractivity contribution in [3.63, 3.8) is 0 Å². The summed E-state index contributed by atoms with van der Waals surface area (Å²) in [6.45, 7) is 0. The minimum absolute atomic E-state index is 0. The number of alkyl halides is 3. The van der Waals surface area contributed by atoms with Gasteiger partial charge in [0.15, 0.2) is 12.4 Å². The van der Waals surface area contributed by atoms with Gasteiger partial charge in [-0.15, -0.1) is 0 Å². The van der Waals surface area contributed by atoms with Crippen molar-refractivity contribution in [1.29, 1.82) is 0 Å². The summed E-state index contributed by atoms with van der Waals surface area (Å²) in [7, 11) is 5.68. The zero-order chi connectivity index (χ0) is 18.9. The van der Waals surface area contributed by atoms with Gasteiger partial charge in [0, 0.05) is 14.1 Å². The summed E-state index contributed by atoms with van der Waals surface area (Å²) in [4.78, 5) is 1.94. The molecular formula is C21H20F3IN2. The van der Waals surface area contributed by atoms with Crippen LogP contribution >= 0.6 is 0 Å². The second-order valence-electron chi connectivity index (χ2n) is 6.44. The van der Waals surface area contributed by atoms with E-state index in [1.807, 2.05) is 73.3 Å². The first-order valence-electron chi connectivity index (χ1n) is 8.21. The van der Waals surface area contributed by atoms with Gasteiger partial charge in [-0.25, -0.2) is 4.57 Å². The van der Waals surface area contributed by atoms with E-state index >= 15 is 0 Å². The van der Waals surface area contributed by atoms with Crippen molar-refractivity contribution in [2.45, 2.75) is 6.18 Å². The van der Waals surface area contributed by atoms with Crippen LogP contribution in [0.5, 0.6) is 0 Å². The van der Waals surface area contributed by atoms with Crippen molar-refractivity contribution in [1.82, 2.24) is 0 Å². The number of halogens is 4. The Balaban J connectivity index is 0.00000261. The molecule has 27 heavy (non-hydrogen) atoms. The van der Waals surface area contributed by atoms with Crippen LogP contribution in [0.4, 0.5) is 18.9 Å². The molecule has 0 radical (unpaired) electrons. The molecule has 142 valence electrons. The Hall–Kier alpha value is -2.09. The van der Waals surface area contributed by atoms with Crippen LogP contribution in [0, 0.1) is 0 Å². The number of hydrogen-bond donors (Lipinski definition) is 0. The van der Waals surface area contributed by atoms with Crippen LogP contribution in [0.2, 0.25) is 0 Å². The molecule has 0 unspecified atom stereocenters. The van der Waals surface area contributed by atoms with Crippen LogP contribution < -0.4 is 33.4 Å². The van der Waals surface area contributed by atoms with Crippen molar-refractivity contribution in [2.24, 2.45) is 7.05 Å². The van der Waals surface area contributed by atoms with Crippen LogP contribution in [0.1, 0.15) is 5.56 Å². The molecule has 3 rings (SSSR count). The maximum atomic E-state index is 13.2. The largest absolute Gasteiger partial charge is 1.00 e. The Bertz CT molecular complexity index is 922. The average Bonchev–Trinajstić information content (AvgIpc) is 2.61. The molecule has 0 aliphatic heterocycles. The van der Waals surface area contributed by atoms with Crippen molar-refractivity contribution >= 4 is 5.69 Å². The minimum Gasteiger partial charge on any atom is -1.00 e. The molecule has 0 aliphatic carbocycles. The lowest BCUT2D eigenvalue weighted by molar-refractivity contribution is -0.670. The van der Waals surface area contributed by atoms with Crippen LogP contribution in [-0.4, -0.2) is 14.1 Å². The summed E-state index contributed by atoms with van der Waals surface area (Å²) >= 11 is 0. The monoisotopic (exact) mass is 484 g/mol.